The maximum Gasteiger partial charge on any atom is 0.234 e. The molecule has 2 aromatic heterocycles. The number of halogens is 1. The highest BCUT2D eigenvalue weighted by Crippen LogP contribution is 2.31. The Labute approximate surface area is 178 Å². The lowest BCUT2D eigenvalue weighted by Gasteiger charge is -2.08. The first kappa shape index (κ1) is 20.9. The molecule has 0 unspecified atom stereocenters. The van der Waals surface area contributed by atoms with Crippen molar-refractivity contribution in [1.82, 2.24) is 14.8 Å². The second kappa shape index (κ2) is 9.58. The molecule has 1 aromatic carbocycles. The van der Waals surface area contributed by atoms with E-state index in [9.17, 15) is 4.79 Å². The predicted octanol–water partition coefficient (Wildman–Crippen LogP) is 5.92. The quantitative estimate of drug-likeness (QED) is 0.446. The van der Waals surface area contributed by atoms with Gasteiger partial charge in [0, 0.05) is 33.1 Å². The molecule has 0 aliphatic heterocycles. The summed E-state index contributed by atoms with van der Waals surface area (Å²) in [7, 11) is 0. The Balaban J connectivity index is 1.70. The Morgan fingerprint density at radius 1 is 1.29 bits per heavy atom. The number of hydrogen-bond acceptors (Lipinski definition) is 5. The minimum absolute atomic E-state index is 0.0856. The topological polar surface area (TPSA) is 59.8 Å². The summed E-state index contributed by atoms with van der Waals surface area (Å²) in [6.45, 7) is 7.31. The number of benzene rings is 1. The normalized spacial score (nSPS) is 11.2. The van der Waals surface area contributed by atoms with Crippen LogP contribution in [0.5, 0.6) is 0 Å². The second-order valence-corrected chi connectivity index (χ2v) is 9.02. The number of anilines is 1. The smallest absolute Gasteiger partial charge is 0.234 e. The van der Waals surface area contributed by atoms with E-state index < -0.39 is 0 Å². The molecule has 0 saturated carbocycles. The van der Waals surface area contributed by atoms with Crippen molar-refractivity contribution in [3.63, 3.8) is 0 Å². The summed E-state index contributed by atoms with van der Waals surface area (Å²) in [5.74, 6) is 1.54. The summed E-state index contributed by atoms with van der Waals surface area (Å²) in [5.41, 5.74) is 1.82. The molecule has 3 aromatic rings. The molecule has 148 valence electrons. The number of thioether (sulfide) groups is 1. The van der Waals surface area contributed by atoms with E-state index in [1.807, 2.05) is 0 Å². The van der Waals surface area contributed by atoms with Gasteiger partial charge >= 0.3 is 0 Å². The van der Waals surface area contributed by atoms with Crippen molar-refractivity contribution >= 4 is 46.3 Å². The predicted molar refractivity (Wildman–Crippen MR) is 119 cm³/mol. The number of thiophene rings is 1. The number of nitrogens with zero attached hydrogens (tertiary/aromatic N) is 3. The lowest BCUT2D eigenvalue weighted by atomic mass is 10.1. The molecule has 0 atom stereocenters. The van der Waals surface area contributed by atoms with Crippen LogP contribution in [0.4, 0.5) is 5.69 Å². The zero-order chi connectivity index (χ0) is 20.1. The van der Waals surface area contributed by atoms with Crippen LogP contribution in [0.1, 0.15) is 38.0 Å². The van der Waals surface area contributed by atoms with Crippen molar-refractivity contribution in [2.45, 2.75) is 44.8 Å². The third-order valence-corrected chi connectivity index (χ3v) is 6.52. The number of aromatic nitrogens is 3. The van der Waals surface area contributed by atoms with Gasteiger partial charge in [-0.1, -0.05) is 44.1 Å². The van der Waals surface area contributed by atoms with E-state index in [0.717, 1.165) is 35.2 Å². The van der Waals surface area contributed by atoms with Crippen LogP contribution in [-0.4, -0.2) is 26.4 Å². The van der Waals surface area contributed by atoms with Crippen molar-refractivity contribution in [1.29, 1.82) is 0 Å². The van der Waals surface area contributed by atoms with Gasteiger partial charge in [-0.05, 0) is 42.7 Å². The lowest BCUT2D eigenvalue weighted by Crippen LogP contribution is -2.14. The van der Waals surface area contributed by atoms with E-state index >= 15 is 0 Å². The van der Waals surface area contributed by atoms with E-state index in [2.05, 4.69) is 52.3 Å². The van der Waals surface area contributed by atoms with Gasteiger partial charge in [0.1, 0.15) is 0 Å². The molecule has 0 fully saturated rings. The highest BCUT2D eigenvalue weighted by molar-refractivity contribution is 7.99. The van der Waals surface area contributed by atoms with E-state index in [-0.39, 0.29) is 11.7 Å². The first-order chi connectivity index (χ1) is 13.5. The van der Waals surface area contributed by atoms with Crippen molar-refractivity contribution in [2.24, 2.45) is 0 Å². The molecule has 8 heteroatoms. The largest absolute Gasteiger partial charge is 0.325 e. The zero-order valence-electron chi connectivity index (χ0n) is 16.1. The summed E-state index contributed by atoms with van der Waals surface area (Å²) in [6, 6.07) is 9.26. The standard InChI is InChI=1S/C20H23ClN4OS2/c1-4-9-25-19(14-10-17(13(2)3)27-11-14)23-24-20(25)28-12-18(26)22-16-7-5-15(21)6-8-16/h5-8,10-11,13H,4,9,12H2,1-3H3,(H,22,26). The minimum atomic E-state index is -0.0856. The van der Waals surface area contributed by atoms with Gasteiger partial charge in [0.15, 0.2) is 11.0 Å². The van der Waals surface area contributed by atoms with Crippen LogP contribution in [0.2, 0.25) is 5.02 Å². The van der Waals surface area contributed by atoms with E-state index in [1.54, 1.807) is 35.6 Å². The monoisotopic (exact) mass is 434 g/mol. The maximum atomic E-state index is 12.3. The van der Waals surface area contributed by atoms with Crippen LogP contribution >= 0.6 is 34.7 Å². The summed E-state index contributed by atoms with van der Waals surface area (Å²) in [5, 5.41) is 15.1. The number of amides is 1. The summed E-state index contributed by atoms with van der Waals surface area (Å²) in [6.07, 6.45) is 0.969. The third kappa shape index (κ3) is 5.16. The van der Waals surface area contributed by atoms with Crippen LogP contribution in [0.15, 0.2) is 40.9 Å². The van der Waals surface area contributed by atoms with E-state index in [1.165, 1.54) is 16.6 Å². The second-order valence-electron chi connectivity index (χ2n) is 6.69. The summed E-state index contributed by atoms with van der Waals surface area (Å²) < 4.78 is 2.10. The highest BCUT2D eigenvalue weighted by Gasteiger charge is 2.17. The molecule has 0 spiro atoms. The number of carbonyl (C=O) groups is 1. The molecule has 0 aliphatic rings. The number of carbonyl (C=O) groups excluding carboxylic acids is 1. The van der Waals surface area contributed by atoms with E-state index in [0.29, 0.717) is 10.9 Å². The Kier molecular flexibility index (Phi) is 7.15. The van der Waals surface area contributed by atoms with Crippen molar-refractivity contribution in [2.75, 3.05) is 11.1 Å². The van der Waals surface area contributed by atoms with Gasteiger partial charge in [0.25, 0.3) is 0 Å². The molecule has 0 saturated heterocycles. The van der Waals surface area contributed by atoms with Gasteiger partial charge in [-0.15, -0.1) is 21.5 Å². The van der Waals surface area contributed by atoms with Crippen molar-refractivity contribution in [3.05, 3.63) is 45.6 Å². The van der Waals surface area contributed by atoms with Gasteiger partial charge in [-0.2, -0.15) is 0 Å². The van der Waals surface area contributed by atoms with Crippen molar-refractivity contribution < 1.29 is 4.79 Å². The maximum absolute atomic E-state index is 12.3. The number of rotatable bonds is 8. The molecular formula is C20H23ClN4OS2. The molecule has 3 rings (SSSR count). The Morgan fingerprint density at radius 2 is 2.04 bits per heavy atom. The summed E-state index contributed by atoms with van der Waals surface area (Å²) in [4.78, 5) is 13.6. The summed E-state index contributed by atoms with van der Waals surface area (Å²) >= 11 is 9.02. The van der Waals surface area contributed by atoms with Gasteiger partial charge in [0.2, 0.25) is 5.91 Å². The van der Waals surface area contributed by atoms with Gasteiger partial charge < -0.3 is 9.88 Å². The molecule has 0 aliphatic carbocycles. The lowest BCUT2D eigenvalue weighted by molar-refractivity contribution is -0.113. The SMILES string of the molecule is CCCn1c(SCC(=O)Nc2ccc(Cl)cc2)nnc1-c1csc(C(C)C)c1. The van der Waals surface area contributed by atoms with Gasteiger partial charge in [-0.3, -0.25) is 4.79 Å². The Morgan fingerprint density at radius 3 is 2.68 bits per heavy atom. The molecule has 0 radical (unpaired) electrons. The molecular weight excluding hydrogens is 412 g/mol. The molecule has 5 nitrogen and oxygen atoms in total. The number of nitrogens with one attached hydrogen (secondary N) is 1. The van der Waals surface area contributed by atoms with Crippen LogP contribution in [-0.2, 0) is 11.3 Å². The molecule has 28 heavy (non-hydrogen) atoms. The molecule has 2 heterocycles. The molecule has 1 amide bonds. The Hall–Kier alpha value is -1.83. The van der Waals surface area contributed by atoms with Crippen LogP contribution in [0, 0.1) is 0 Å². The van der Waals surface area contributed by atoms with Crippen LogP contribution < -0.4 is 5.32 Å². The average Bonchev–Trinajstić information content (AvgIpc) is 3.29. The average molecular weight is 435 g/mol. The minimum Gasteiger partial charge on any atom is -0.325 e. The number of hydrogen-bond donors (Lipinski definition) is 1. The fraction of sp³-hybridized carbons (Fsp3) is 0.350. The molecule has 1 N–H and O–H groups in total. The Bertz CT molecular complexity index is 934. The third-order valence-electron chi connectivity index (χ3n) is 4.07. The zero-order valence-corrected chi connectivity index (χ0v) is 18.5. The van der Waals surface area contributed by atoms with E-state index in [4.69, 9.17) is 11.6 Å². The first-order valence-corrected chi connectivity index (χ1v) is 11.4. The van der Waals surface area contributed by atoms with Crippen LogP contribution in [0.3, 0.4) is 0 Å². The fourth-order valence-corrected chi connectivity index (χ4v) is 4.46. The highest BCUT2D eigenvalue weighted by atomic mass is 35.5. The van der Waals surface area contributed by atoms with Gasteiger partial charge in [0.05, 0.1) is 5.75 Å². The van der Waals surface area contributed by atoms with Crippen molar-refractivity contribution in [3.8, 4) is 11.4 Å². The molecule has 0 bridgehead atoms. The fourth-order valence-electron chi connectivity index (χ4n) is 2.67. The van der Waals surface area contributed by atoms with Gasteiger partial charge in [-0.25, -0.2) is 0 Å². The first-order valence-electron chi connectivity index (χ1n) is 9.18. The van der Waals surface area contributed by atoms with Crippen LogP contribution in [0.25, 0.3) is 11.4 Å².